The van der Waals surface area contributed by atoms with Crippen LogP contribution in [-0.4, -0.2) is 48.6 Å². The van der Waals surface area contributed by atoms with Crippen LogP contribution in [0.25, 0.3) is 0 Å². The maximum Gasteiger partial charge on any atom is 0.273 e. The molecule has 2 aromatic rings. The number of carbonyl (C=O) groups is 1. The Morgan fingerprint density at radius 2 is 1.97 bits per heavy atom. The molecule has 1 aromatic heterocycles. The fraction of sp³-hybridized carbons (Fsp3) is 0.655. The van der Waals surface area contributed by atoms with Gasteiger partial charge in [0, 0.05) is 36.0 Å². The van der Waals surface area contributed by atoms with Gasteiger partial charge in [-0.15, -0.1) is 0 Å². The quantitative estimate of drug-likeness (QED) is 0.628. The number of nitrogens with one attached hydrogen (secondary N) is 1. The molecule has 2 aliphatic heterocycles. The number of carbonyl (C=O) groups excluding carboxylic acids is 1. The largest absolute Gasteiger partial charge is 0.473 e. The lowest BCUT2D eigenvalue weighted by atomic mass is 9.68. The highest BCUT2D eigenvalue weighted by Crippen LogP contribution is 2.50. The van der Waals surface area contributed by atoms with Crippen molar-refractivity contribution >= 4 is 17.2 Å². The second-order valence-corrected chi connectivity index (χ2v) is 12.2. The van der Waals surface area contributed by atoms with Crippen molar-refractivity contribution in [2.75, 3.05) is 26.7 Å². The van der Waals surface area contributed by atoms with Crippen molar-refractivity contribution < 1.29 is 9.53 Å². The third-order valence-corrected chi connectivity index (χ3v) is 10.8. The maximum absolute atomic E-state index is 14.5. The highest BCUT2D eigenvalue weighted by Gasteiger charge is 2.53. The minimum Gasteiger partial charge on any atom is -0.473 e. The number of thiazole rings is 1. The van der Waals surface area contributed by atoms with Gasteiger partial charge in [-0.25, -0.2) is 4.98 Å². The first-order valence-corrected chi connectivity index (χ1v) is 14.6. The lowest BCUT2D eigenvalue weighted by Crippen LogP contribution is -2.55. The van der Waals surface area contributed by atoms with E-state index in [9.17, 15) is 4.79 Å². The summed E-state index contributed by atoms with van der Waals surface area (Å²) in [5.74, 6) is 1.62. The monoisotopic (exact) mass is 493 g/mol. The molecular formula is C29H39N3O2S. The van der Waals surface area contributed by atoms with Crippen LogP contribution < -0.4 is 10.1 Å². The summed E-state index contributed by atoms with van der Waals surface area (Å²) in [6.07, 6.45) is 11.9. The Kier molecular flexibility index (Phi) is 6.61. The van der Waals surface area contributed by atoms with Crippen molar-refractivity contribution in [1.82, 2.24) is 15.2 Å². The summed E-state index contributed by atoms with van der Waals surface area (Å²) >= 11 is 1.68. The molecule has 0 radical (unpaired) electrons. The SMILES string of the molecule is COc1nc2c(s1)[C@]1(CCC2)CNCC1C(=O)N1CC[C@@H](c2ccccc2)C[C@H]1C1CCCCC1. The minimum absolute atomic E-state index is 0.00562. The van der Waals surface area contributed by atoms with Crippen LogP contribution in [0.15, 0.2) is 30.3 Å². The molecule has 2 aliphatic carbocycles. The van der Waals surface area contributed by atoms with Crippen LogP contribution in [0.4, 0.5) is 0 Å². The lowest BCUT2D eigenvalue weighted by Gasteiger charge is -2.47. The number of hydrogen-bond donors (Lipinski definition) is 1. The van der Waals surface area contributed by atoms with Crippen molar-refractivity contribution in [3.05, 3.63) is 46.5 Å². The van der Waals surface area contributed by atoms with E-state index in [0.717, 1.165) is 56.9 Å². The summed E-state index contributed by atoms with van der Waals surface area (Å²) < 4.78 is 5.52. The minimum atomic E-state index is -0.119. The topological polar surface area (TPSA) is 54.5 Å². The molecule has 3 heterocycles. The Bertz CT molecular complexity index is 1030. The number of hydrogen-bond acceptors (Lipinski definition) is 5. The predicted octanol–water partition coefficient (Wildman–Crippen LogP) is 5.30. The standard InChI is InChI=1S/C29H39N3O2S/c1-34-28-31-24-13-8-15-29(26(24)35-28)19-30-18-23(29)27(33)32-16-14-22(20-9-4-2-5-10-20)17-25(32)21-11-6-3-7-12-21/h2,4-5,9-10,21-23,25,30H,3,6-8,11-19H2,1H3/t22-,23?,25+,29-/m1/s1. The molecular weight excluding hydrogens is 454 g/mol. The van der Waals surface area contributed by atoms with E-state index in [2.05, 4.69) is 40.5 Å². The number of aryl methyl sites for hydroxylation is 1. The number of methoxy groups -OCH3 is 1. The van der Waals surface area contributed by atoms with Gasteiger partial charge in [0.05, 0.1) is 18.7 Å². The van der Waals surface area contributed by atoms with Crippen LogP contribution in [-0.2, 0) is 16.6 Å². The molecule has 4 atom stereocenters. The van der Waals surface area contributed by atoms with E-state index in [-0.39, 0.29) is 11.3 Å². The first-order chi connectivity index (χ1) is 17.2. The third kappa shape index (κ3) is 4.21. The van der Waals surface area contributed by atoms with E-state index in [1.54, 1.807) is 18.4 Å². The predicted molar refractivity (Wildman–Crippen MR) is 140 cm³/mol. The molecule has 35 heavy (non-hydrogen) atoms. The molecule has 1 aromatic carbocycles. The van der Waals surface area contributed by atoms with Crippen molar-refractivity contribution in [3.8, 4) is 5.19 Å². The Hall–Kier alpha value is -1.92. The molecule has 6 heteroatoms. The van der Waals surface area contributed by atoms with E-state index >= 15 is 0 Å². The smallest absolute Gasteiger partial charge is 0.273 e. The number of rotatable bonds is 4. The zero-order valence-electron chi connectivity index (χ0n) is 21.0. The average molecular weight is 494 g/mol. The summed E-state index contributed by atoms with van der Waals surface area (Å²) in [7, 11) is 1.71. The normalized spacial score (nSPS) is 31.5. The van der Waals surface area contributed by atoms with Crippen LogP contribution in [0.3, 0.4) is 0 Å². The van der Waals surface area contributed by atoms with Crippen LogP contribution in [0, 0.1) is 11.8 Å². The van der Waals surface area contributed by atoms with E-state index in [4.69, 9.17) is 9.72 Å². The van der Waals surface area contributed by atoms with Gasteiger partial charge < -0.3 is 15.0 Å². The van der Waals surface area contributed by atoms with Crippen LogP contribution in [0.1, 0.15) is 79.8 Å². The van der Waals surface area contributed by atoms with Crippen molar-refractivity contribution in [2.45, 2.75) is 81.6 Å². The number of aromatic nitrogens is 1. The van der Waals surface area contributed by atoms with Crippen LogP contribution in [0.5, 0.6) is 5.19 Å². The highest BCUT2D eigenvalue weighted by molar-refractivity contribution is 7.13. The van der Waals surface area contributed by atoms with E-state index in [0.29, 0.717) is 23.8 Å². The zero-order chi connectivity index (χ0) is 23.8. The van der Waals surface area contributed by atoms with E-state index in [1.807, 2.05) is 0 Å². The van der Waals surface area contributed by atoms with Crippen molar-refractivity contribution in [2.24, 2.45) is 11.8 Å². The molecule has 1 unspecified atom stereocenters. The first-order valence-electron chi connectivity index (χ1n) is 13.8. The Morgan fingerprint density at radius 3 is 2.77 bits per heavy atom. The van der Waals surface area contributed by atoms with E-state index < -0.39 is 0 Å². The van der Waals surface area contributed by atoms with Gasteiger partial charge in [-0.2, -0.15) is 0 Å². The molecule has 3 fully saturated rings. The fourth-order valence-electron chi connectivity index (χ4n) is 7.71. The number of amides is 1. The number of piperidine rings is 1. The zero-order valence-corrected chi connectivity index (χ0v) is 21.8. The summed E-state index contributed by atoms with van der Waals surface area (Å²) in [6.45, 7) is 2.57. The van der Waals surface area contributed by atoms with Crippen molar-refractivity contribution in [3.63, 3.8) is 0 Å². The van der Waals surface area contributed by atoms with Gasteiger partial charge >= 0.3 is 0 Å². The molecule has 1 N–H and O–H groups in total. The van der Waals surface area contributed by atoms with Gasteiger partial charge in [0.25, 0.3) is 5.19 Å². The highest BCUT2D eigenvalue weighted by atomic mass is 32.1. The van der Waals surface area contributed by atoms with Gasteiger partial charge in [0.1, 0.15) is 0 Å². The molecule has 1 spiro atoms. The van der Waals surface area contributed by atoms with E-state index in [1.165, 1.54) is 48.2 Å². The number of fused-ring (bicyclic) bond motifs is 2. The summed E-state index contributed by atoms with van der Waals surface area (Å²) in [5, 5.41) is 4.39. The molecule has 188 valence electrons. The molecule has 5 nitrogen and oxygen atoms in total. The third-order valence-electron chi connectivity index (χ3n) is 9.49. The second kappa shape index (κ2) is 9.85. The lowest BCUT2D eigenvalue weighted by molar-refractivity contribution is -0.143. The molecule has 6 rings (SSSR count). The summed E-state index contributed by atoms with van der Waals surface area (Å²) in [5.41, 5.74) is 2.51. The van der Waals surface area contributed by atoms with Crippen LogP contribution in [0.2, 0.25) is 0 Å². The fourth-order valence-corrected chi connectivity index (χ4v) is 8.91. The number of likely N-dealkylation sites (tertiary alicyclic amines) is 1. The molecule has 0 bridgehead atoms. The maximum atomic E-state index is 14.5. The van der Waals surface area contributed by atoms with Gasteiger partial charge in [-0.05, 0) is 62.3 Å². The molecule has 1 saturated carbocycles. The average Bonchev–Trinajstić information content (AvgIpc) is 3.54. The Labute approximate surface area is 213 Å². The number of nitrogens with zero attached hydrogens (tertiary/aromatic N) is 2. The van der Waals surface area contributed by atoms with Gasteiger partial charge in [0.15, 0.2) is 0 Å². The number of ether oxygens (including phenoxy) is 1. The first kappa shape index (κ1) is 23.5. The number of benzene rings is 1. The van der Waals surface area contributed by atoms with Crippen LogP contribution >= 0.6 is 11.3 Å². The Morgan fingerprint density at radius 1 is 1.14 bits per heavy atom. The second-order valence-electron chi connectivity index (χ2n) is 11.3. The summed E-state index contributed by atoms with van der Waals surface area (Å²) in [4.78, 5) is 22.9. The van der Waals surface area contributed by atoms with Gasteiger partial charge in [-0.1, -0.05) is 60.9 Å². The van der Waals surface area contributed by atoms with Gasteiger partial charge in [0.2, 0.25) is 5.91 Å². The molecule has 4 aliphatic rings. The Balaban J connectivity index is 1.30. The molecule has 1 amide bonds. The molecule has 2 saturated heterocycles. The van der Waals surface area contributed by atoms with Gasteiger partial charge in [-0.3, -0.25) is 4.79 Å². The summed E-state index contributed by atoms with van der Waals surface area (Å²) in [6, 6.07) is 11.4. The van der Waals surface area contributed by atoms with Crippen molar-refractivity contribution in [1.29, 1.82) is 0 Å².